The largest absolute Gasteiger partial charge is 0.493 e. The third-order valence-corrected chi connectivity index (χ3v) is 6.43. The molecular weight excluding hydrogens is 432 g/mol. The van der Waals surface area contributed by atoms with Crippen LogP contribution in [0.1, 0.15) is 47.9 Å². The van der Waals surface area contributed by atoms with Crippen LogP contribution in [0.4, 0.5) is 0 Å². The lowest BCUT2D eigenvalue weighted by molar-refractivity contribution is 0.351. The number of ether oxygens (including phenoxy) is 2. The van der Waals surface area contributed by atoms with Gasteiger partial charge >= 0.3 is 0 Å². The molecule has 0 atom stereocenters. The molecule has 3 aromatic carbocycles. The maximum atomic E-state index is 5.76. The molecule has 3 rings (SSSR count). The minimum absolute atomic E-state index is 0.796. The number of benzene rings is 3. The first-order valence-electron chi connectivity index (χ1n) is 13.0. The molecular formula is C31H42N2O2. The van der Waals surface area contributed by atoms with Gasteiger partial charge in [-0.25, -0.2) is 0 Å². The third-order valence-electron chi connectivity index (χ3n) is 6.43. The number of hydrogen-bond donors (Lipinski definition) is 2. The summed E-state index contributed by atoms with van der Waals surface area (Å²) in [4.78, 5) is 0. The van der Waals surface area contributed by atoms with E-state index < -0.39 is 0 Å². The molecule has 3 aromatic rings. The fourth-order valence-corrected chi connectivity index (χ4v) is 4.46. The van der Waals surface area contributed by atoms with Crippen molar-refractivity contribution >= 4 is 0 Å². The molecule has 0 aliphatic heterocycles. The first kappa shape index (κ1) is 26.8. The quantitative estimate of drug-likeness (QED) is 0.242. The first-order chi connectivity index (χ1) is 17.3. The van der Waals surface area contributed by atoms with E-state index in [2.05, 4.69) is 77.4 Å². The van der Waals surface area contributed by atoms with E-state index in [4.69, 9.17) is 9.47 Å². The number of hydrogen-bond acceptors (Lipinski definition) is 4. The number of rotatable bonds is 17. The van der Waals surface area contributed by atoms with E-state index in [0.717, 1.165) is 56.9 Å². The van der Waals surface area contributed by atoms with Crippen LogP contribution in [-0.4, -0.2) is 40.4 Å². The molecule has 0 radical (unpaired) electrons. The second-order valence-corrected chi connectivity index (χ2v) is 9.00. The topological polar surface area (TPSA) is 42.5 Å². The smallest absolute Gasteiger partial charge is 0.164 e. The van der Waals surface area contributed by atoms with Crippen LogP contribution in [0.15, 0.2) is 72.8 Å². The highest BCUT2D eigenvalue weighted by atomic mass is 16.5. The fourth-order valence-electron chi connectivity index (χ4n) is 4.46. The normalized spacial score (nSPS) is 10.9. The Labute approximate surface area is 212 Å². The van der Waals surface area contributed by atoms with Gasteiger partial charge in [-0.15, -0.1) is 0 Å². The van der Waals surface area contributed by atoms with Crippen LogP contribution in [0.3, 0.4) is 0 Å². The molecule has 0 spiro atoms. The second-order valence-electron chi connectivity index (χ2n) is 9.00. The van der Waals surface area contributed by atoms with Crippen molar-refractivity contribution in [2.45, 2.75) is 44.9 Å². The van der Waals surface area contributed by atoms with Crippen molar-refractivity contribution in [1.29, 1.82) is 0 Å². The van der Waals surface area contributed by atoms with Gasteiger partial charge in [0.15, 0.2) is 11.5 Å². The lowest BCUT2D eigenvalue weighted by atomic mass is 9.96. The Balaban J connectivity index is 1.32. The van der Waals surface area contributed by atoms with E-state index in [-0.39, 0.29) is 0 Å². The van der Waals surface area contributed by atoms with Crippen molar-refractivity contribution in [3.63, 3.8) is 0 Å². The Morgan fingerprint density at radius 1 is 0.571 bits per heavy atom. The van der Waals surface area contributed by atoms with Gasteiger partial charge in [0.2, 0.25) is 0 Å². The van der Waals surface area contributed by atoms with Gasteiger partial charge in [0.05, 0.1) is 14.2 Å². The molecule has 35 heavy (non-hydrogen) atoms. The fraction of sp³-hybridized carbons (Fsp3) is 0.419. The molecule has 0 amide bonds. The minimum Gasteiger partial charge on any atom is -0.493 e. The summed E-state index contributed by atoms with van der Waals surface area (Å²) in [6.45, 7) is 4.22. The summed E-state index contributed by atoms with van der Waals surface area (Å²) in [6, 6.07) is 25.5. The predicted octanol–water partition coefficient (Wildman–Crippen LogP) is 5.82. The van der Waals surface area contributed by atoms with Gasteiger partial charge in [-0.2, -0.15) is 0 Å². The minimum atomic E-state index is 0.796. The molecule has 0 unspecified atom stereocenters. The van der Waals surface area contributed by atoms with E-state index in [0.29, 0.717) is 0 Å². The van der Waals surface area contributed by atoms with Gasteiger partial charge in [0, 0.05) is 12.0 Å². The van der Waals surface area contributed by atoms with Gasteiger partial charge in [-0.1, -0.05) is 79.6 Å². The van der Waals surface area contributed by atoms with Crippen LogP contribution in [0.5, 0.6) is 11.5 Å². The molecule has 4 nitrogen and oxygen atoms in total. The molecule has 0 aromatic heterocycles. The molecule has 4 heteroatoms. The Hall–Kier alpha value is -2.82. The molecule has 0 aliphatic carbocycles. The molecule has 188 valence electrons. The number of nitrogens with one attached hydrogen (secondary N) is 2. The third kappa shape index (κ3) is 9.39. The standard InChI is InChI=1S/C31H42N2O2/c1-34-30-18-17-28(29(31(30)35-2)25-27-15-9-6-10-16-27)20-24-33-22-12-4-3-11-21-32-23-19-26-13-7-5-8-14-26/h5-10,13-18,32-33H,3-4,11-12,19-25H2,1-2H3. The van der Waals surface area contributed by atoms with Crippen molar-refractivity contribution in [3.05, 3.63) is 95.1 Å². The Morgan fingerprint density at radius 2 is 1.17 bits per heavy atom. The van der Waals surface area contributed by atoms with Crippen LogP contribution in [0.25, 0.3) is 0 Å². The van der Waals surface area contributed by atoms with E-state index in [1.807, 2.05) is 6.07 Å². The maximum absolute atomic E-state index is 5.76. The summed E-state index contributed by atoms with van der Waals surface area (Å²) in [6.07, 6.45) is 7.98. The van der Waals surface area contributed by atoms with Crippen LogP contribution < -0.4 is 20.1 Å². The maximum Gasteiger partial charge on any atom is 0.164 e. The van der Waals surface area contributed by atoms with Crippen molar-refractivity contribution in [2.75, 3.05) is 40.4 Å². The molecule has 0 fully saturated rings. The monoisotopic (exact) mass is 474 g/mol. The molecule has 0 aliphatic rings. The predicted molar refractivity (Wildman–Crippen MR) is 147 cm³/mol. The zero-order valence-electron chi connectivity index (χ0n) is 21.5. The van der Waals surface area contributed by atoms with Crippen molar-refractivity contribution in [1.82, 2.24) is 10.6 Å². The summed E-state index contributed by atoms with van der Waals surface area (Å²) in [7, 11) is 3.43. The average Bonchev–Trinajstić information content (AvgIpc) is 2.90. The Kier molecular flexibility index (Phi) is 12.2. The van der Waals surface area contributed by atoms with Gasteiger partial charge in [0.25, 0.3) is 0 Å². The summed E-state index contributed by atoms with van der Waals surface area (Å²) < 4.78 is 11.3. The van der Waals surface area contributed by atoms with Crippen LogP contribution >= 0.6 is 0 Å². The molecule has 0 saturated carbocycles. The van der Waals surface area contributed by atoms with Crippen LogP contribution in [-0.2, 0) is 19.3 Å². The molecule has 0 heterocycles. The van der Waals surface area contributed by atoms with E-state index in [1.165, 1.54) is 47.9 Å². The molecule has 0 saturated heterocycles. The summed E-state index contributed by atoms with van der Waals surface area (Å²) in [5, 5.41) is 7.20. The van der Waals surface area contributed by atoms with Crippen LogP contribution in [0.2, 0.25) is 0 Å². The highest BCUT2D eigenvalue weighted by molar-refractivity contribution is 5.52. The number of methoxy groups -OCH3 is 2. The SMILES string of the molecule is COc1ccc(CCNCCCCCCNCCc2ccccc2)c(Cc2ccccc2)c1OC. The molecule has 2 N–H and O–H groups in total. The average molecular weight is 475 g/mol. The van der Waals surface area contributed by atoms with Gasteiger partial charge in [0.1, 0.15) is 0 Å². The van der Waals surface area contributed by atoms with Gasteiger partial charge in [-0.05, 0) is 74.6 Å². The molecule has 0 bridgehead atoms. The first-order valence-corrected chi connectivity index (χ1v) is 13.0. The van der Waals surface area contributed by atoms with Gasteiger partial charge < -0.3 is 20.1 Å². The second kappa shape index (κ2) is 16.0. The zero-order valence-corrected chi connectivity index (χ0v) is 21.5. The Morgan fingerprint density at radius 3 is 1.77 bits per heavy atom. The van der Waals surface area contributed by atoms with Crippen molar-refractivity contribution in [2.24, 2.45) is 0 Å². The number of unbranched alkanes of at least 4 members (excludes halogenated alkanes) is 3. The Bertz CT molecular complexity index is 960. The summed E-state index contributed by atoms with van der Waals surface area (Å²) in [5.74, 6) is 1.65. The highest BCUT2D eigenvalue weighted by Gasteiger charge is 2.15. The lowest BCUT2D eigenvalue weighted by Gasteiger charge is -2.17. The van der Waals surface area contributed by atoms with E-state index in [1.54, 1.807) is 14.2 Å². The summed E-state index contributed by atoms with van der Waals surface area (Å²) in [5.41, 5.74) is 5.23. The van der Waals surface area contributed by atoms with E-state index in [9.17, 15) is 0 Å². The lowest BCUT2D eigenvalue weighted by Crippen LogP contribution is -2.20. The van der Waals surface area contributed by atoms with Crippen LogP contribution in [0, 0.1) is 0 Å². The van der Waals surface area contributed by atoms with Gasteiger partial charge in [-0.3, -0.25) is 0 Å². The van der Waals surface area contributed by atoms with Crippen molar-refractivity contribution in [3.8, 4) is 11.5 Å². The zero-order chi connectivity index (χ0) is 24.6. The van der Waals surface area contributed by atoms with Crippen molar-refractivity contribution < 1.29 is 9.47 Å². The summed E-state index contributed by atoms with van der Waals surface area (Å²) >= 11 is 0. The highest BCUT2D eigenvalue weighted by Crippen LogP contribution is 2.35. The van der Waals surface area contributed by atoms with E-state index >= 15 is 0 Å².